The number of aromatic nitrogens is 1. The number of rotatable bonds is 2. The van der Waals surface area contributed by atoms with Crippen LogP contribution in [0.15, 0.2) is 36.9 Å². The molecule has 1 aromatic heterocycles. The molecule has 2 aromatic rings. The third-order valence-electron chi connectivity index (χ3n) is 3.35. The zero-order chi connectivity index (χ0) is 11.0. The Morgan fingerprint density at radius 1 is 1.38 bits per heavy atom. The van der Waals surface area contributed by atoms with E-state index in [4.69, 9.17) is 0 Å². The predicted molar refractivity (Wildman–Crippen MR) is 67.5 cm³/mol. The van der Waals surface area contributed by atoms with Crippen molar-refractivity contribution in [3.8, 4) is 0 Å². The smallest absolute Gasteiger partial charge is 0.0488 e. The molecular weight excluding hydrogens is 196 g/mol. The molecular formula is C14H16N2. The summed E-state index contributed by atoms with van der Waals surface area (Å²) < 4.78 is 2.40. The molecule has 2 heteroatoms. The molecule has 82 valence electrons. The lowest BCUT2D eigenvalue weighted by Gasteiger charge is -2.16. The molecule has 16 heavy (non-hydrogen) atoms. The molecule has 0 spiro atoms. The van der Waals surface area contributed by atoms with Crippen LogP contribution in [0.4, 0.5) is 0 Å². The highest BCUT2D eigenvalue weighted by atomic mass is 15.0. The molecule has 0 fully saturated rings. The van der Waals surface area contributed by atoms with Crippen LogP contribution < -0.4 is 5.32 Å². The molecule has 1 aliphatic rings. The SMILES string of the molecule is C=CCn1c2c(c3ccccc31)CNCC2. The summed E-state index contributed by atoms with van der Waals surface area (Å²) in [6.45, 7) is 6.85. The lowest BCUT2D eigenvalue weighted by molar-refractivity contribution is 0.614. The van der Waals surface area contributed by atoms with Gasteiger partial charge in [-0.1, -0.05) is 24.3 Å². The molecule has 0 saturated carbocycles. The lowest BCUT2D eigenvalue weighted by Crippen LogP contribution is -2.24. The number of fused-ring (bicyclic) bond motifs is 3. The lowest BCUT2D eigenvalue weighted by atomic mass is 10.1. The van der Waals surface area contributed by atoms with Gasteiger partial charge in [-0.25, -0.2) is 0 Å². The highest BCUT2D eigenvalue weighted by Gasteiger charge is 2.18. The number of hydrogen-bond acceptors (Lipinski definition) is 1. The van der Waals surface area contributed by atoms with Gasteiger partial charge < -0.3 is 9.88 Å². The van der Waals surface area contributed by atoms with Crippen LogP contribution in [0.25, 0.3) is 10.9 Å². The molecule has 0 bridgehead atoms. The van der Waals surface area contributed by atoms with Crippen molar-refractivity contribution >= 4 is 10.9 Å². The summed E-state index contributed by atoms with van der Waals surface area (Å²) >= 11 is 0. The maximum Gasteiger partial charge on any atom is 0.0488 e. The molecule has 1 aliphatic heterocycles. The fraction of sp³-hybridized carbons (Fsp3) is 0.286. The summed E-state index contributed by atoms with van der Waals surface area (Å²) in [7, 11) is 0. The fourth-order valence-electron chi connectivity index (χ4n) is 2.67. The third-order valence-corrected chi connectivity index (χ3v) is 3.35. The van der Waals surface area contributed by atoms with Crippen molar-refractivity contribution in [3.05, 3.63) is 48.2 Å². The van der Waals surface area contributed by atoms with Gasteiger partial charge in [0.2, 0.25) is 0 Å². The Morgan fingerprint density at radius 2 is 2.25 bits per heavy atom. The summed E-state index contributed by atoms with van der Waals surface area (Å²) in [5.74, 6) is 0. The molecule has 0 unspecified atom stereocenters. The number of para-hydroxylation sites is 1. The van der Waals surface area contributed by atoms with Crippen LogP contribution in [0.3, 0.4) is 0 Å². The van der Waals surface area contributed by atoms with Gasteiger partial charge in [0.15, 0.2) is 0 Å². The van der Waals surface area contributed by atoms with Gasteiger partial charge in [-0.3, -0.25) is 0 Å². The van der Waals surface area contributed by atoms with Crippen molar-refractivity contribution in [3.63, 3.8) is 0 Å². The maximum absolute atomic E-state index is 3.85. The van der Waals surface area contributed by atoms with Crippen LogP contribution in [0.2, 0.25) is 0 Å². The molecule has 1 aromatic carbocycles. The Bertz CT molecular complexity index is 537. The Morgan fingerprint density at radius 3 is 3.12 bits per heavy atom. The van der Waals surface area contributed by atoms with Crippen molar-refractivity contribution in [1.82, 2.24) is 9.88 Å². The second-order valence-electron chi connectivity index (χ2n) is 4.27. The molecule has 2 nitrogen and oxygen atoms in total. The minimum Gasteiger partial charge on any atom is -0.340 e. The first kappa shape index (κ1) is 9.67. The normalized spacial score (nSPS) is 15.0. The van der Waals surface area contributed by atoms with Crippen LogP contribution in [-0.2, 0) is 19.5 Å². The first-order valence-electron chi connectivity index (χ1n) is 5.82. The number of allylic oxidation sites excluding steroid dienone is 1. The van der Waals surface area contributed by atoms with E-state index in [2.05, 4.69) is 40.7 Å². The highest BCUT2D eigenvalue weighted by molar-refractivity contribution is 5.85. The van der Waals surface area contributed by atoms with E-state index >= 15 is 0 Å². The molecule has 0 atom stereocenters. The molecule has 3 rings (SSSR count). The second kappa shape index (κ2) is 3.80. The summed E-state index contributed by atoms with van der Waals surface area (Å²) in [6, 6.07) is 8.66. The van der Waals surface area contributed by atoms with E-state index in [0.717, 1.165) is 26.1 Å². The highest BCUT2D eigenvalue weighted by Crippen LogP contribution is 2.28. The standard InChI is InChI=1S/C14H16N2/c1-2-9-16-13-6-4-3-5-11(13)12-10-15-8-7-14(12)16/h2-6,15H,1,7-10H2. The quantitative estimate of drug-likeness (QED) is 0.757. The van der Waals surface area contributed by atoms with Crippen LogP contribution in [0.1, 0.15) is 11.3 Å². The monoisotopic (exact) mass is 212 g/mol. The topological polar surface area (TPSA) is 17.0 Å². The average molecular weight is 212 g/mol. The van der Waals surface area contributed by atoms with Gasteiger partial charge in [-0.2, -0.15) is 0 Å². The molecule has 0 radical (unpaired) electrons. The van der Waals surface area contributed by atoms with E-state index in [1.54, 1.807) is 0 Å². The van der Waals surface area contributed by atoms with Crippen LogP contribution in [-0.4, -0.2) is 11.1 Å². The zero-order valence-corrected chi connectivity index (χ0v) is 9.37. The second-order valence-corrected chi connectivity index (χ2v) is 4.27. The van der Waals surface area contributed by atoms with Gasteiger partial charge in [0, 0.05) is 42.7 Å². The van der Waals surface area contributed by atoms with E-state index < -0.39 is 0 Å². The number of hydrogen-bond donors (Lipinski definition) is 1. The van der Waals surface area contributed by atoms with E-state index in [1.165, 1.54) is 22.2 Å². The first-order valence-corrected chi connectivity index (χ1v) is 5.82. The van der Waals surface area contributed by atoms with E-state index in [9.17, 15) is 0 Å². The van der Waals surface area contributed by atoms with Crippen molar-refractivity contribution < 1.29 is 0 Å². The van der Waals surface area contributed by atoms with Gasteiger partial charge >= 0.3 is 0 Å². The Hall–Kier alpha value is -1.54. The summed E-state index contributed by atoms with van der Waals surface area (Å²) in [5.41, 5.74) is 4.31. The van der Waals surface area contributed by atoms with Crippen molar-refractivity contribution in [2.24, 2.45) is 0 Å². The average Bonchev–Trinajstić information content (AvgIpc) is 2.66. The minimum atomic E-state index is 0.913. The molecule has 2 heterocycles. The van der Waals surface area contributed by atoms with Crippen molar-refractivity contribution in [2.45, 2.75) is 19.5 Å². The Kier molecular flexibility index (Phi) is 2.29. The number of benzene rings is 1. The Balaban J connectivity index is 2.32. The molecule has 1 N–H and O–H groups in total. The largest absolute Gasteiger partial charge is 0.340 e. The van der Waals surface area contributed by atoms with Crippen LogP contribution >= 0.6 is 0 Å². The predicted octanol–water partition coefficient (Wildman–Crippen LogP) is 2.47. The Labute approximate surface area is 95.6 Å². The van der Waals surface area contributed by atoms with Crippen LogP contribution in [0.5, 0.6) is 0 Å². The number of nitrogens with zero attached hydrogens (tertiary/aromatic N) is 1. The van der Waals surface area contributed by atoms with Crippen LogP contribution in [0, 0.1) is 0 Å². The molecule has 0 aliphatic carbocycles. The summed E-state index contributed by atoms with van der Waals surface area (Å²) in [5, 5.41) is 4.84. The van der Waals surface area contributed by atoms with Gasteiger partial charge in [0.25, 0.3) is 0 Å². The van der Waals surface area contributed by atoms with Crippen molar-refractivity contribution in [1.29, 1.82) is 0 Å². The maximum atomic E-state index is 3.85. The zero-order valence-electron chi connectivity index (χ0n) is 9.37. The number of nitrogens with one attached hydrogen (secondary N) is 1. The summed E-state index contributed by atoms with van der Waals surface area (Å²) in [6.07, 6.45) is 3.10. The van der Waals surface area contributed by atoms with Crippen molar-refractivity contribution in [2.75, 3.05) is 6.54 Å². The van der Waals surface area contributed by atoms with Gasteiger partial charge in [-0.15, -0.1) is 6.58 Å². The summed E-state index contributed by atoms with van der Waals surface area (Å²) in [4.78, 5) is 0. The first-order chi connectivity index (χ1) is 7.92. The van der Waals surface area contributed by atoms with Gasteiger partial charge in [0.1, 0.15) is 0 Å². The minimum absolute atomic E-state index is 0.913. The van der Waals surface area contributed by atoms with Gasteiger partial charge in [-0.05, 0) is 11.6 Å². The van der Waals surface area contributed by atoms with Gasteiger partial charge in [0.05, 0.1) is 0 Å². The van der Waals surface area contributed by atoms with E-state index in [1.807, 2.05) is 6.08 Å². The molecule has 0 amide bonds. The molecule has 0 saturated heterocycles. The fourth-order valence-corrected chi connectivity index (χ4v) is 2.67. The third kappa shape index (κ3) is 1.30. The van der Waals surface area contributed by atoms with E-state index in [0.29, 0.717) is 0 Å². The van der Waals surface area contributed by atoms with E-state index in [-0.39, 0.29) is 0 Å².